The summed E-state index contributed by atoms with van der Waals surface area (Å²) < 4.78 is 15.9. The summed E-state index contributed by atoms with van der Waals surface area (Å²) >= 11 is 0. The van der Waals surface area contributed by atoms with E-state index in [1.807, 2.05) is 4.90 Å². The number of fused-ring (bicyclic) bond motifs is 1. The van der Waals surface area contributed by atoms with E-state index in [1.54, 1.807) is 6.07 Å². The van der Waals surface area contributed by atoms with Crippen LogP contribution in [0.4, 0.5) is 10.1 Å². The number of hydrogen-bond donors (Lipinski definition) is 1. The Morgan fingerprint density at radius 1 is 1.17 bits per heavy atom. The molecule has 1 aliphatic heterocycles. The minimum Gasteiger partial charge on any atom is -0.421 e. The van der Waals surface area contributed by atoms with Crippen molar-refractivity contribution in [2.45, 2.75) is 32.2 Å². The van der Waals surface area contributed by atoms with Crippen molar-refractivity contribution >= 4 is 16.6 Å². The summed E-state index contributed by atoms with van der Waals surface area (Å²) in [6.45, 7) is 1.99. The Balaban J connectivity index is 1.98. The second-order valence-corrected chi connectivity index (χ2v) is 6.47. The molecule has 1 saturated heterocycles. The van der Waals surface area contributed by atoms with E-state index in [9.17, 15) is 19.2 Å². The van der Waals surface area contributed by atoms with Crippen molar-refractivity contribution in [3.05, 3.63) is 38.8 Å². The van der Waals surface area contributed by atoms with Gasteiger partial charge in [0, 0.05) is 19.6 Å². The molecule has 122 valence electrons. The Morgan fingerprint density at radius 2 is 1.87 bits per heavy atom. The summed E-state index contributed by atoms with van der Waals surface area (Å²) in [7, 11) is 0. The molecule has 1 aliphatic carbocycles. The molecule has 1 saturated carbocycles. The first-order valence-corrected chi connectivity index (χ1v) is 7.99. The normalized spacial score (nSPS) is 18.0. The van der Waals surface area contributed by atoms with Crippen LogP contribution in [0.25, 0.3) is 10.9 Å². The topological polar surface area (TPSA) is 67.5 Å². The first-order valence-electron chi connectivity index (χ1n) is 7.99. The number of aromatic nitrogens is 2. The monoisotopic (exact) mass is 319 g/mol. The SMILES string of the molecule is O=c1c2cc(F)c(N3CCCC3)cc2n(CC2CC2)c(=O)n1O. The molecule has 4 rings (SSSR count). The van der Waals surface area contributed by atoms with Gasteiger partial charge in [0.15, 0.2) is 0 Å². The molecule has 23 heavy (non-hydrogen) atoms. The third kappa shape index (κ3) is 2.31. The van der Waals surface area contributed by atoms with Crippen molar-refractivity contribution < 1.29 is 9.60 Å². The highest BCUT2D eigenvalue weighted by atomic mass is 19.1. The van der Waals surface area contributed by atoms with Crippen LogP contribution in [-0.4, -0.2) is 27.6 Å². The predicted octanol–water partition coefficient (Wildman–Crippen LogP) is 1.55. The molecule has 2 fully saturated rings. The highest BCUT2D eigenvalue weighted by Crippen LogP contribution is 2.32. The molecule has 0 radical (unpaired) electrons. The van der Waals surface area contributed by atoms with Gasteiger partial charge in [0.25, 0.3) is 5.56 Å². The predicted molar refractivity (Wildman–Crippen MR) is 83.8 cm³/mol. The molecule has 1 aromatic carbocycles. The average Bonchev–Trinajstić information content (AvgIpc) is 3.20. The first kappa shape index (κ1) is 14.3. The van der Waals surface area contributed by atoms with Crippen LogP contribution >= 0.6 is 0 Å². The van der Waals surface area contributed by atoms with Crippen LogP contribution < -0.4 is 16.1 Å². The van der Waals surface area contributed by atoms with Gasteiger partial charge >= 0.3 is 5.69 Å². The van der Waals surface area contributed by atoms with Crippen LogP contribution in [0, 0.1) is 11.7 Å². The van der Waals surface area contributed by atoms with E-state index in [4.69, 9.17) is 0 Å². The lowest BCUT2D eigenvalue weighted by Gasteiger charge is -2.20. The van der Waals surface area contributed by atoms with Crippen LogP contribution in [0.2, 0.25) is 0 Å². The molecule has 0 atom stereocenters. The quantitative estimate of drug-likeness (QED) is 0.872. The van der Waals surface area contributed by atoms with Gasteiger partial charge in [0.2, 0.25) is 0 Å². The minimum atomic E-state index is -0.871. The van der Waals surface area contributed by atoms with E-state index in [1.165, 1.54) is 4.57 Å². The molecule has 0 bridgehead atoms. The van der Waals surface area contributed by atoms with E-state index < -0.39 is 17.1 Å². The zero-order valence-electron chi connectivity index (χ0n) is 12.7. The third-order valence-corrected chi connectivity index (χ3v) is 4.78. The smallest absolute Gasteiger partial charge is 0.364 e. The Labute approximate surface area is 131 Å². The van der Waals surface area contributed by atoms with Crippen LogP contribution in [0.1, 0.15) is 25.7 Å². The molecule has 7 heteroatoms. The van der Waals surface area contributed by atoms with E-state index in [-0.39, 0.29) is 10.1 Å². The molecule has 2 heterocycles. The van der Waals surface area contributed by atoms with E-state index in [0.717, 1.165) is 44.8 Å². The van der Waals surface area contributed by atoms with Crippen molar-refractivity contribution in [3.8, 4) is 0 Å². The second-order valence-electron chi connectivity index (χ2n) is 6.47. The Morgan fingerprint density at radius 3 is 2.52 bits per heavy atom. The lowest BCUT2D eigenvalue weighted by Crippen LogP contribution is -2.39. The van der Waals surface area contributed by atoms with Crippen molar-refractivity contribution in [2.24, 2.45) is 5.92 Å². The molecule has 1 N–H and O–H groups in total. The van der Waals surface area contributed by atoms with Crippen LogP contribution in [0.3, 0.4) is 0 Å². The molecule has 6 nitrogen and oxygen atoms in total. The number of nitrogens with zero attached hydrogens (tertiary/aromatic N) is 3. The Hall–Kier alpha value is -2.31. The van der Waals surface area contributed by atoms with Crippen molar-refractivity contribution in [1.82, 2.24) is 9.30 Å². The molecule has 0 amide bonds. The summed E-state index contributed by atoms with van der Waals surface area (Å²) in [5.74, 6) is -0.109. The fourth-order valence-electron chi connectivity index (χ4n) is 3.30. The van der Waals surface area contributed by atoms with E-state index in [0.29, 0.717) is 23.7 Å². The van der Waals surface area contributed by atoms with Crippen molar-refractivity contribution in [1.29, 1.82) is 0 Å². The highest BCUT2D eigenvalue weighted by molar-refractivity contribution is 5.82. The number of rotatable bonds is 3. The minimum absolute atomic E-state index is 0.0354. The summed E-state index contributed by atoms with van der Waals surface area (Å²) in [5, 5.41) is 9.76. The summed E-state index contributed by atoms with van der Waals surface area (Å²) in [6.07, 6.45) is 4.06. The van der Waals surface area contributed by atoms with Crippen molar-refractivity contribution in [2.75, 3.05) is 18.0 Å². The standard InChI is InChI=1S/C16H18FN3O3/c17-12-7-11-13(8-14(12)18-5-1-2-6-18)19(9-10-3-4-10)16(22)20(23)15(11)21/h7-8,10,23H,1-6,9H2. The second kappa shape index (κ2) is 5.11. The molecule has 2 aliphatic rings. The number of anilines is 1. The molecule has 0 unspecified atom stereocenters. The zero-order valence-corrected chi connectivity index (χ0v) is 12.7. The molecule has 1 aromatic heterocycles. The van der Waals surface area contributed by atoms with Gasteiger partial charge in [0.05, 0.1) is 16.6 Å². The Kier molecular flexibility index (Phi) is 3.18. The lowest BCUT2D eigenvalue weighted by atomic mass is 10.2. The molecule has 0 spiro atoms. The number of hydrogen-bond acceptors (Lipinski definition) is 4. The third-order valence-electron chi connectivity index (χ3n) is 4.78. The molecular weight excluding hydrogens is 301 g/mol. The molecular formula is C16H18FN3O3. The average molecular weight is 319 g/mol. The number of halogens is 1. The van der Waals surface area contributed by atoms with Gasteiger partial charge < -0.3 is 10.1 Å². The number of benzene rings is 1. The van der Waals surface area contributed by atoms with Gasteiger partial charge in [-0.2, -0.15) is 0 Å². The summed E-state index contributed by atoms with van der Waals surface area (Å²) in [5.41, 5.74) is -0.799. The maximum atomic E-state index is 14.4. The lowest BCUT2D eigenvalue weighted by molar-refractivity contribution is 0.157. The van der Waals surface area contributed by atoms with Gasteiger partial charge in [-0.3, -0.25) is 9.36 Å². The van der Waals surface area contributed by atoms with Crippen LogP contribution in [0.5, 0.6) is 0 Å². The largest absolute Gasteiger partial charge is 0.421 e. The fourth-order valence-corrected chi connectivity index (χ4v) is 3.30. The van der Waals surface area contributed by atoms with Crippen LogP contribution in [-0.2, 0) is 6.54 Å². The van der Waals surface area contributed by atoms with Gasteiger partial charge in [-0.15, -0.1) is 0 Å². The van der Waals surface area contributed by atoms with Gasteiger partial charge in [-0.1, -0.05) is 4.73 Å². The highest BCUT2D eigenvalue weighted by Gasteiger charge is 2.26. The maximum Gasteiger partial charge on any atom is 0.364 e. The van der Waals surface area contributed by atoms with E-state index >= 15 is 0 Å². The Bertz CT molecular complexity index is 892. The van der Waals surface area contributed by atoms with Gasteiger partial charge in [-0.05, 0) is 43.7 Å². The zero-order chi connectivity index (χ0) is 16.1. The van der Waals surface area contributed by atoms with Gasteiger partial charge in [0.1, 0.15) is 5.82 Å². The van der Waals surface area contributed by atoms with Gasteiger partial charge in [-0.25, -0.2) is 9.18 Å². The fraction of sp³-hybridized carbons (Fsp3) is 0.500. The molecule has 2 aromatic rings. The summed E-state index contributed by atoms with van der Waals surface area (Å²) in [4.78, 5) is 26.3. The van der Waals surface area contributed by atoms with Crippen LogP contribution in [0.15, 0.2) is 21.7 Å². The van der Waals surface area contributed by atoms with Crippen molar-refractivity contribution in [3.63, 3.8) is 0 Å². The summed E-state index contributed by atoms with van der Waals surface area (Å²) in [6, 6.07) is 2.72. The van der Waals surface area contributed by atoms with E-state index in [2.05, 4.69) is 0 Å². The maximum absolute atomic E-state index is 14.4. The first-order chi connectivity index (χ1) is 11.1.